The fraction of sp³-hybridized carbons (Fsp3) is 0.500. The van der Waals surface area contributed by atoms with E-state index in [1.165, 1.54) is 17.2 Å². The molecule has 2 saturated heterocycles. The topological polar surface area (TPSA) is 203 Å². The van der Waals surface area contributed by atoms with E-state index >= 15 is 0 Å². The van der Waals surface area contributed by atoms with Crippen LogP contribution in [0.2, 0.25) is 0 Å². The van der Waals surface area contributed by atoms with E-state index in [2.05, 4.69) is 15.0 Å². The molecule has 6 atom stereocenters. The molecule has 13 nitrogen and oxygen atoms in total. The number of imidazole rings is 1. The summed E-state index contributed by atoms with van der Waals surface area (Å²) in [7, 11) is 0. The highest BCUT2D eigenvalue weighted by atomic mass is 16.6. The van der Waals surface area contributed by atoms with Gasteiger partial charge in [0.2, 0.25) is 5.60 Å². The lowest BCUT2D eigenvalue weighted by molar-refractivity contribution is -0.190. The number of carboxylic acids is 2. The minimum atomic E-state index is -2.42. The lowest BCUT2D eigenvalue weighted by Crippen LogP contribution is -2.52. The van der Waals surface area contributed by atoms with E-state index in [-0.39, 0.29) is 17.0 Å². The first-order chi connectivity index (χ1) is 12.8. The zero-order valence-corrected chi connectivity index (χ0v) is 13.5. The number of aromatic nitrogens is 4. The van der Waals surface area contributed by atoms with Crippen molar-refractivity contribution < 1.29 is 39.5 Å². The number of aliphatic hydroxyl groups is 2. The van der Waals surface area contributed by atoms with Crippen molar-refractivity contribution >= 4 is 28.9 Å². The van der Waals surface area contributed by atoms with Crippen LogP contribution < -0.4 is 5.73 Å². The normalized spacial score (nSPS) is 35.4. The van der Waals surface area contributed by atoms with E-state index in [0.717, 1.165) is 0 Å². The highest BCUT2D eigenvalue weighted by Gasteiger charge is 2.66. The van der Waals surface area contributed by atoms with E-state index in [1.54, 1.807) is 0 Å². The fourth-order valence-electron chi connectivity index (χ4n) is 3.55. The Morgan fingerprint density at radius 3 is 2.59 bits per heavy atom. The van der Waals surface area contributed by atoms with Gasteiger partial charge >= 0.3 is 11.9 Å². The smallest absolute Gasteiger partial charge is 0.339 e. The average Bonchev–Trinajstić information content (AvgIpc) is 3.23. The molecule has 13 heteroatoms. The van der Waals surface area contributed by atoms with Gasteiger partial charge in [0, 0.05) is 0 Å². The van der Waals surface area contributed by atoms with Crippen LogP contribution in [0.1, 0.15) is 12.6 Å². The van der Waals surface area contributed by atoms with Crippen molar-refractivity contribution in [2.24, 2.45) is 0 Å². The van der Waals surface area contributed by atoms with Crippen LogP contribution >= 0.6 is 0 Å². The third-order valence-electron chi connectivity index (χ3n) is 4.82. The van der Waals surface area contributed by atoms with Crippen LogP contribution in [0.25, 0.3) is 11.2 Å². The predicted octanol–water partition coefficient (Wildman–Crippen LogP) is -2.28. The molecule has 2 fully saturated rings. The Morgan fingerprint density at radius 2 is 1.96 bits per heavy atom. The van der Waals surface area contributed by atoms with Crippen LogP contribution in [0.15, 0.2) is 12.7 Å². The number of hydrogen-bond acceptors (Lipinski definition) is 10. The quantitative estimate of drug-likeness (QED) is 0.380. The summed E-state index contributed by atoms with van der Waals surface area (Å²) in [6.07, 6.45) is -5.36. The SMILES string of the molecule is Nc1ncnc2c1ncn2[C@@H]1O[C@@H]2[C@@H](O[C@](CC(=O)O)(C(=O)O)[C@@H]2O)[C@H]1O. The van der Waals surface area contributed by atoms with Crippen LogP contribution in [0.4, 0.5) is 5.82 Å². The number of rotatable bonds is 4. The van der Waals surface area contributed by atoms with Gasteiger partial charge in [0.1, 0.15) is 36.3 Å². The number of nitrogens with two attached hydrogens (primary N) is 1. The summed E-state index contributed by atoms with van der Waals surface area (Å²) in [4.78, 5) is 34.5. The maximum atomic E-state index is 11.6. The Balaban J connectivity index is 1.67. The third kappa shape index (κ3) is 2.36. The number of anilines is 1. The van der Waals surface area contributed by atoms with Crippen LogP contribution in [0.5, 0.6) is 0 Å². The largest absolute Gasteiger partial charge is 0.481 e. The summed E-state index contributed by atoms with van der Waals surface area (Å²) in [6, 6.07) is 0. The number of hydrogen-bond donors (Lipinski definition) is 5. The Morgan fingerprint density at radius 1 is 1.22 bits per heavy atom. The second-order valence-electron chi connectivity index (χ2n) is 6.36. The number of ether oxygens (including phenoxy) is 2. The molecule has 2 aliphatic rings. The van der Waals surface area contributed by atoms with E-state index in [4.69, 9.17) is 20.3 Å². The number of nitrogens with zero attached hydrogens (tertiary/aromatic N) is 4. The number of aliphatic hydroxyl groups excluding tert-OH is 2. The van der Waals surface area contributed by atoms with Gasteiger partial charge in [-0.3, -0.25) is 9.36 Å². The van der Waals surface area contributed by atoms with E-state index in [1.807, 2.05) is 0 Å². The molecule has 0 saturated carbocycles. The minimum Gasteiger partial charge on any atom is -0.481 e. The van der Waals surface area contributed by atoms with Crippen molar-refractivity contribution in [3.8, 4) is 0 Å². The van der Waals surface area contributed by atoms with E-state index < -0.39 is 54.6 Å². The number of carbonyl (C=O) groups is 2. The van der Waals surface area contributed by atoms with Crippen molar-refractivity contribution in [3.63, 3.8) is 0 Å². The number of carboxylic acid groups (broad SMARTS) is 2. The lowest BCUT2D eigenvalue weighted by atomic mass is 9.91. The van der Waals surface area contributed by atoms with Gasteiger partial charge in [0.25, 0.3) is 0 Å². The fourth-order valence-corrected chi connectivity index (χ4v) is 3.55. The number of fused-ring (bicyclic) bond motifs is 2. The van der Waals surface area contributed by atoms with E-state index in [9.17, 15) is 24.9 Å². The molecular weight excluding hydrogens is 366 g/mol. The molecule has 144 valence electrons. The summed E-state index contributed by atoms with van der Waals surface area (Å²) in [5.74, 6) is -3.02. The third-order valence-corrected chi connectivity index (χ3v) is 4.82. The Labute approximate surface area is 150 Å². The molecular formula is C14H15N5O8. The summed E-state index contributed by atoms with van der Waals surface area (Å²) >= 11 is 0. The van der Waals surface area contributed by atoms with Gasteiger partial charge in [-0.15, -0.1) is 0 Å². The van der Waals surface area contributed by atoms with Crippen molar-refractivity contribution in [1.29, 1.82) is 0 Å². The molecule has 0 bridgehead atoms. The Kier molecular flexibility index (Phi) is 3.78. The maximum absolute atomic E-state index is 11.6. The molecule has 2 aliphatic heterocycles. The van der Waals surface area contributed by atoms with Crippen LogP contribution in [-0.4, -0.2) is 81.9 Å². The summed E-state index contributed by atoms with van der Waals surface area (Å²) in [5.41, 5.74) is 3.83. The summed E-state index contributed by atoms with van der Waals surface area (Å²) < 4.78 is 12.3. The maximum Gasteiger partial charge on any atom is 0.339 e. The van der Waals surface area contributed by atoms with Gasteiger partial charge < -0.3 is 35.6 Å². The Bertz CT molecular complexity index is 933. The summed E-state index contributed by atoms with van der Waals surface area (Å²) in [6.45, 7) is 0. The van der Waals surface area contributed by atoms with Crippen molar-refractivity contribution in [2.75, 3.05) is 5.73 Å². The summed E-state index contributed by atoms with van der Waals surface area (Å²) in [5, 5.41) is 39.4. The zero-order chi connectivity index (χ0) is 19.5. The van der Waals surface area contributed by atoms with Gasteiger partial charge in [0.05, 0.1) is 12.7 Å². The van der Waals surface area contributed by atoms with E-state index in [0.29, 0.717) is 0 Å². The first-order valence-electron chi connectivity index (χ1n) is 7.84. The molecule has 4 heterocycles. The second kappa shape index (κ2) is 5.82. The van der Waals surface area contributed by atoms with Crippen molar-refractivity contribution in [3.05, 3.63) is 12.7 Å². The number of aliphatic carboxylic acids is 2. The second-order valence-corrected chi connectivity index (χ2v) is 6.36. The van der Waals surface area contributed by atoms with Gasteiger partial charge in [-0.1, -0.05) is 0 Å². The highest BCUT2D eigenvalue weighted by molar-refractivity contribution is 5.85. The van der Waals surface area contributed by atoms with Gasteiger partial charge in [-0.05, 0) is 0 Å². The van der Waals surface area contributed by atoms with Crippen molar-refractivity contribution in [2.45, 2.75) is 42.7 Å². The highest BCUT2D eigenvalue weighted by Crippen LogP contribution is 2.45. The molecule has 2 aromatic heterocycles. The lowest BCUT2D eigenvalue weighted by Gasteiger charge is -2.29. The molecule has 0 radical (unpaired) electrons. The first kappa shape index (κ1) is 17.5. The van der Waals surface area contributed by atoms with Crippen LogP contribution in [0, 0.1) is 0 Å². The first-order valence-corrected chi connectivity index (χ1v) is 7.84. The molecule has 0 spiro atoms. The molecule has 6 N–H and O–H groups in total. The average molecular weight is 381 g/mol. The standard InChI is InChI=1S/C14H15N5O8/c15-10-5-11(17-2-16-10)19(3-18-5)12-6(22)7-8(26-12)9(23)14(27-7,13(24)25)1-4(20)21/h2-3,6-9,12,22-23H,1H2,(H,20,21)(H,24,25)(H2,15,16,17)/t6-,7+,8-,9-,12-,14+/m1/s1. The molecule has 27 heavy (non-hydrogen) atoms. The predicted molar refractivity (Wildman–Crippen MR) is 83.2 cm³/mol. The van der Waals surface area contributed by atoms with Gasteiger partial charge in [-0.25, -0.2) is 19.7 Å². The van der Waals surface area contributed by atoms with Crippen LogP contribution in [-0.2, 0) is 19.1 Å². The molecule has 0 aliphatic carbocycles. The molecule has 0 unspecified atom stereocenters. The van der Waals surface area contributed by atoms with Crippen LogP contribution in [0.3, 0.4) is 0 Å². The van der Waals surface area contributed by atoms with Gasteiger partial charge in [-0.2, -0.15) is 0 Å². The minimum absolute atomic E-state index is 0.120. The monoisotopic (exact) mass is 381 g/mol. The molecule has 0 amide bonds. The molecule has 2 aromatic rings. The molecule has 4 rings (SSSR count). The van der Waals surface area contributed by atoms with Crippen molar-refractivity contribution in [1.82, 2.24) is 19.5 Å². The molecule has 0 aromatic carbocycles. The van der Waals surface area contributed by atoms with Gasteiger partial charge in [0.15, 0.2) is 17.7 Å². The number of nitrogen functional groups attached to an aromatic ring is 1. The Hall–Kier alpha value is -2.87. The zero-order valence-electron chi connectivity index (χ0n) is 13.5.